The maximum Gasteiger partial charge on any atom is 0.234 e. The van der Waals surface area contributed by atoms with Crippen LogP contribution < -0.4 is 11.1 Å². The van der Waals surface area contributed by atoms with Crippen LogP contribution in [0.5, 0.6) is 0 Å². The summed E-state index contributed by atoms with van der Waals surface area (Å²) in [7, 11) is 0. The standard InChI is InChI=1S/C12H10BrClN4O2S3/c13-6-1-2-8(7(14)3-6)16-10(20)5-22-12-18-17-11(23-12)21-4-9(15)19/h1-3H,4-5H2,(H2,15,19)(H,16,20). The molecule has 3 N–H and O–H groups in total. The molecular weight excluding hydrogens is 444 g/mol. The van der Waals surface area contributed by atoms with Crippen molar-refractivity contribution < 1.29 is 9.59 Å². The molecule has 0 atom stereocenters. The van der Waals surface area contributed by atoms with Crippen LogP contribution in [0.1, 0.15) is 0 Å². The smallest absolute Gasteiger partial charge is 0.234 e. The van der Waals surface area contributed by atoms with Gasteiger partial charge in [0.05, 0.1) is 22.2 Å². The number of thioether (sulfide) groups is 2. The van der Waals surface area contributed by atoms with Crippen LogP contribution in [0, 0.1) is 0 Å². The van der Waals surface area contributed by atoms with E-state index in [4.69, 9.17) is 17.3 Å². The average molecular weight is 454 g/mol. The molecule has 1 aromatic heterocycles. The Bertz CT molecular complexity index is 728. The van der Waals surface area contributed by atoms with E-state index in [0.29, 0.717) is 19.4 Å². The van der Waals surface area contributed by atoms with Crippen LogP contribution >= 0.6 is 62.4 Å². The third-order valence-corrected chi connectivity index (χ3v) is 6.28. The number of hydrogen-bond donors (Lipinski definition) is 2. The number of rotatable bonds is 7. The number of carbonyl (C=O) groups is 2. The Hall–Kier alpha value is -0.810. The number of benzene rings is 1. The molecule has 0 saturated heterocycles. The van der Waals surface area contributed by atoms with E-state index in [1.54, 1.807) is 18.2 Å². The lowest BCUT2D eigenvalue weighted by atomic mass is 10.3. The minimum atomic E-state index is -0.412. The van der Waals surface area contributed by atoms with Crippen molar-refractivity contribution in [1.82, 2.24) is 10.2 Å². The number of primary amides is 1. The number of nitrogens with two attached hydrogens (primary N) is 1. The first kappa shape index (κ1) is 18.5. The number of halogens is 2. The molecule has 0 radical (unpaired) electrons. The summed E-state index contributed by atoms with van der Waals surface area (Å²) in [6.45, 7) is 0. The van der Waals surface area contributed by atoms with Gasteiger partial charge >= 0.3 is 0 Å². The number of aromatic nitrogens is 2. The van der Waals surface area contributed by atoms with Crippen molar-refractivity contribution in [3.05, 3.63) is 27.7 Å². The molecule has 2 rings (SSSR count). The highest BCUT2D eigenvalue weighted by Crippen LogP contribution is 2.29. The van der Waals surface area contributed by atoms with Crippen molar-refractivity contribution in [2.45, 2.75) is 8.68 Å². The molecule has 0 spiro atoms. The summed E-state index contributed by atoms with van der Waals surface area (Å²) in [6.07, 6.45) is 0. The van der Waals surface area contributed by atoms with Gasteiger partial charge in [0.1, 0.15) is 0 Å². The van der Waals surface area contributed by atoms with E-state index in [2.05, 4.69) is 31.4 Å². The molecule has 122 valence electrons. The van der Waals surface area contributed by atoms with Gasteiger partial charge in [0.25, 0.3) is 0 Å². The van der Waals surface area contributed by atoms with Gasteiger partial charge in [-0.15, -0.1) is 10.2 Å². The quantitative estimate of drug-likeness (QED) is 0.624. The molecule has 0 aliphatic carbocycles. The maximum absolute atomic E-state index is 11.9. The summed E-state index contributed by atoms with van der Waals surface area (Å²) in [5, 5.41) is 11.1. The second-order valence-corrected chi connectivity index (χ2v) is 8.80. The van der Waals surface area contributed by atoms with E-state index < -0.39 is 5.91 Å². The van der Waals surface area contributed by atoms with Crippen molar-refractivity contribution in [2.75, 3.05) is 16.8 Å². The first-order valence-corrected chi connectivity index (χ1v) is 10.0. The summed E-state index contributed by atoms with van der Waals surface area (Å²) in [4.78, 5) is 22.6. The molecule has 6 nitrogen and oxygen atoms in total. The Balaban J connectivity index is 1.83. The van der Waals surface area contributed by atoms with Crippen LogP contribution in [-0.2, 0) is 9.59 Å². The van der Waals surface area contributed by atoms with Gasteiger partial charge in [0.15, 0.2) is 8.68 Å². The summed E-state index contributed by atoms with van der Waals surface area (Å²) in [6, 6.07) is 5.22. The fourth-order valence-electron chi connectivity index (χ4n) is 1.35. The van der Waals surface area contributed by atoms with Crippen molar-refractivity contribution in [1.29, 1.82) is 0 Å². The zero-order valence-electron chi connectivity index (χ0n) is 11.4. The molecule has 1 aromatic carbocycles. The highest BCUT2D eigenvalue weighted by atomic mass is 79.9. The first-order chi connectivity index (χ1) is 10.9. The SMILES string of the molecule is NC(=O)CSc1nnc(SCC(=O)Nc2ccc(Br)cc2Cl)s1. The maximum atomic E-state index is 11.9. The fraction of sp³-hybridized carbons (Fsp3) is 0.167. The third-order valence-electron chi connectivity index (χ3n) is 2.26. The molecule has 11 heteroatoms. The summed E-state index contributed by atoms with van der Waals surface area (Å²) < 4.78 is 2.13. The Morgan fingerprint density at radius 3 is 2.52 bits per heavy atom. The van der Waals surface area contributed by atoms with Gasteiger partial charge in [-0.25, -0.2) is 0 Å². The monoisotopic (exact) mass is 452 g/mol. The van der Waals surface area contributed by atoms with Crippen LogP contribution in [0.25, 0.3) is 0 Å². The first-order valence-electron chi connectivity index (χ1n) is 6.06. The number of anilines is 1. The number of carbonyl (C=O) groups excluding carboxylic acids is 2. The topological polar surface area (TPSA) is 98.0 Å². The molecule has 0 aliphatic rings. The Labute approximate surface area is 158 Å². The van der Waals surface area contributed by atoms with Gasteiger partial charge in [-0.3, -0.25) is 9.59 Å². The lowest BCUT2D eigenvalue weighted by Gasteiger charge is -2.06. The van der Waals surface area contributed by atoms with Crippen LogP contribution in [0.4, 0.5) is 5.69 Å². The summed E-state index contributed by atoms with van der Waals surface area (Å²) in [5.74, 6) is -0.269. The van der Waals surface area contributed by atoms with E-state index in [0.717, 1.165) is 4.47 Å². The van der Waals surface area contributed by atoms with Gasteiger partial charge in [-0.2, -0.15) is 0 Å². The summed E-state index contributed by atoms with van der Waals surface area (Å²) in [5.41, 5.74) is 5.62. The molecule has 23 heavy (non-hydrogen) atoms. The van der Waals surface area contributed by atoms with Crippen LogP contribution in [0.2, 0.25) is 5.02 Å². The third kappa shape index (κ3) is 6.30. The molecule has 0 saturated carbocycles. The van der Waals surface area contributed by atoms with E-state index in [1.165, 1.54) is 34.9 Å². The van der Waals surface area contributed by atoms with E-state index in [9.17, 15) is 9.59 Å². The zero-order chi connectivity index (χ0) is 16.8. The van der Waals surface area contributed by atoms with Crippen LogP contribution in [0.3, 0.4) is 0 Å². The zero-order valence-corrected chi connectivity index (χ0v) is 16.2. The van der Waals surface area contributed by atoms with Gasteiger partial charge in [-0.1, -0.05) is 62.4 Å². The fourth-order valence-corrected chi connectivity index (χ4v) is 4.63. The van der Waals surface area contributed by atoms with Gasteiger partial charge in [0, 0.05) is 4.47 Å². The Morgan fingerprint density at radius 2 is 1.91 bits per heavy atom. The molecule has 0 aliphatic heterocycles. The van der Waals surface area contributed by atoms with Crippen LogP contribution in [-0.4, -0.2) is 33.5 Å². The second kappa shape index (κ2) is 8.88. The van der Waals surface area contributed by atoms with Crippen molar-refractivity contribution in [3.63, 3.8) is 0 Å². The predicted octanol–water partition coefficient (Wildman–Crippen LogP) is 3.26. The number of nitrogens with one attached hydrogen (secondary N) is 1. The highest BCUT2D eigenvalue weighted by molar-refractivity contribution is 9.10. The molecule has 0 bridgehead atoms. The lowest BCUT2D eigenvalue weighted by Crippen LogP contribution is -2.14. The summed E-state index contributed by atoms with van der Waals surface area (Å²) >= 11 is 13.1. The largest absolute Gasteiger partial charge is 0.369 e. The van der Waals surface area contributed by atoms with Crippen molar-refractivity contribution >= 4 is 79.9 Å². The second-order valence-electron chi connectivity index (χ2n) is 4.05. The van der Waals surface area contributed by atoms with Crippen molar-refractivity contribution in [2.24, 2.45) is 5.73 Å². The van der Waals surface area contributed by atoms with E-state index in [-0.39, 0.29) is 17.4 Å². The van der Waals surface area contributed by atoms with Gasteiger partial charge in [0.2, 0.25) is 11.8 Å². The van der Waals surface area contributed by atoms with Gasteiger partial charge < -0.3 is 11.1 Å². The number of nitrogens with zero attached hydrogens (tertiary/aromatic N) is 2. The number of hydrogen-bond acceptors (Lipinski definition) is 7. The van der Waals surface area contributed by atoms with Crippen molar-refractivity contribution in [3.8, 4) is 0 Å². The normalized spacial score (nSPS) is 10.5. The molecule has 1 heterocycles. The minimum absolute atomic E-state index is 0.155. The molecular formula is C12H10BrClN4O2S3. The lowest BCUT2D eigenvalue weighted by molar-refractivity contribution is -0.115. The van der Waals surface area contributed by atoms with E-state index in [1.807, 2.05) is 0 Å². The minimum Gasteiger partial charge on any atom is -0.369 e. The molecule has 0 fully saturated rings. The highest BCUT2D eigenvalue weighted by Gasteiger charge is 2.11. The van der Waals surface area contributed by atoms with Gasteiger partial charge in [-0.05, 0) is 18.2 Å². The molecule has 2 amide bonds. The Morgan fingerprint density at radius 1 is 1.26 bits per heavy atom. The Kier molecular flexibility index (Phi) is 7.15. The van der Waals surface area contributed by atoms with E-state index >= 15 is 0 Å². The molecule has 2 aromatic rings. The number of amides is 2. The van der Waals surface area contributed by atoms with Crippen LogP contribution in [0.15, 0.2) is 31.4 Å². The average Bonchev–Trinajstić information content (AvgIpc) is 2.94. The predicted molar refractivity (Wildman–Crippen MR) is 98.3 cm³/mol. The molecule has 0 unspecified atom stereocenters.